The van der Waals surface area contributed by atoms with Gasteiger partial charge in [-0.1, -0.05) is 48.5 Å². The first-order chi connectivity index (χ1) is 11.7. The number of nitrogens with one attached hydrogen (secondary N) is 2. The minimum absolute atomic E-state index is 0.496. The summed E-state index contributed by atoms with van der Waals surface area (Å²) in [7, 11) is 0. The average Bonchev–Trinajstić information content (AvgIpc) is 2.58. The molecule has 0 amide bonds. The van der Waals surface area contributed by atoms with E-state index in [4.69, 9.17) is 23.2 Å². The molecule has 0 radical (unpaired) electrons. The summed E-state index contributed by atoms with van der Waals surface area (Å²) < 4.78 is 0. The van der Waals surface area contributed by atoms with Gasteiger partial charge in [0.1, 0.15) is 0 Å². The Morgan fingerprint density at radius 1 is 1.12 bits per heavy atom. The number of hydrogen-bond donors (Lipinski definition) is 2. The van der Waals surface area contributed by atoms with Gasteiger partial charge in [0.15, 0.2) is 5.82 Å². The molecule has 0 saturated heterocycles. The second kappa shape index (κ2) is 8.49. The maximum absolute atomic E-state index is 6.18. The van der Waals surface area contributed by atoms with Crippen LogP contribution in [0, 0.1) is 0 Å². The third kappa shape index (κ3) is 4.95. The molecule has 1 aromatic carbocycles. The number of halogens is 2. The minimum Gasteiger partial charge on any atom is -0.366 e. The molecule has 1 saturated carbocycles. The molecule has 0 bridgehead atoms. The second-order valence-corrected chi connectivity index (χ2v) is 6.90. The predicted molar refractivity (Wildman–Crippen MR) is 99.0 cm³/mol. The molecule has 1 aromatic heterocycles. The van der Waals surface area contributed by atoms with Gasteiger partial charge in [-0.25, -0.2) is 0 Å². The Balaban J connectivity index is 1.52. The Bertz CT molecular complexity index is 674. The molecule has 2 aromatic rings. The van der Waals surface area contributed by atoms with Crippen molar-refractivity contribution in [2.45, 2.75) is 44.6 Å². The second-order valence-electron chi connectivity index (χ2n) is 6.06. The van der Waals surface area contributed by atoms with Gasteiger partial charge in [-0.2, -0.15) is 10.1 Å². The Morgan fingerprint density at radius 2 is 1.96 bits per heavy atom. The van der Waals surface area contributed by atoms with Crippen LogP contribution in [0.5, 0.6) is 0 Å². The highest BCUT2D eigenvalue weighted by atomic mass is 35.5. The van der Waals surface area contributed by atoms with E-state index in [2.05, 4.69) is 25.8 Å². The fourth-order valence-electron chi connectivity index (χ4n) is 2.94. The van der Waals surface area contributed by atoms with Gasteiger partial charge in [-0.15, -0.1) is 5.10 Å². The van der Waals surface area contributed by atoms with Crippen molar-refractivity contribution in [3.8, 4) is 0 Å². The van der Waals surface area contributed by atoms with E-state index in [-0.39, 0.29) is 0 Å². The molecular weight excluding hydrogens is 345 g/mol. The summed E-state index contributed by atoms with van der Waals surface area (Å²) in [6.07, 6.45) is 8.73. The van der Waals surface area contributed by atoms with Crippen molar-refractivity contribution in [1.29, 1.82) is 0 Å². The lowest BCUT2D eigenvalue weighted by Crippen LogP contribution is -2.23. The van der Waals surface area contributed by atoms with E-state index in [1.54, 1.807) is 12.3 Å². The zero-order chi connectivity index (χ0) is 16.8. The van der Waals surface area contributed by atoms with Crippen LogP contribution in [-0.2, 0) is 6.42 Å². The molecule has 1 heterocycles. The van der Waals surface area contributed by atoms with Gasteiger partial charge in [0.25, 0.3) is 0 Å². The van der Waals surface area contributed by atoms with Crippen LogP contribution in [0.25, 0.3) is 0 Å². The maximum Gasteiger partial charge on any atom is 0.244 e. The van der Waals surface area contributed by atoms with Crippen molar-refractivity contribution in [2.75, 3.05) is 17.2 Å². The molecule has 7 heteroatoms. The van der Waals surface area contributed by atoms with Crippen LogP contribution < -0.4 is 10.6 Å². The molecule has 0 unspecified atom stereocenters. The molecule has 2 N–H and O–H groups in total. The highest BCUT2D eigenvalue weighted by Gasteiger charge is 2.14. The van der Waals surface area contributed by atoms with Crippen molar-refractivity contribution in [3.63, 3.8) is 0 Å². The Labute approximate surface area is 152 Å². The molecule has 5 nitrogen and oxygen atoms in total. The van der Waals surface area contributed by atoms with E-state index in [0.717, 1.165) is 17.8 Å². The van der Waals surface area contributed by atoms with E-state index >= 15 is 0 Å². The lowest BCUT2D eigenvalue weighted by atomic mass is 9.96. The summed E-state index contributed by atoms with van der Waals surface area (Å²) >= 11 is 12.1. The van der Waals surface area contributed by atoms with Crippen LogP contribution in [0.1, 0.15) is 37.7 Å². The van der Waals surface area contributed by atoms with Crippen LogP contribution in [0.15, 0.2) is 24.4 Å². The van der Waals surface area contributed by atoms with Crippen LogP contribution >= 0.6 is 23.2 Å². The number of anilines is 2. The van der Waals surface area contributed by atoms with Crippen LogP contribution in [0.4, 0.5) is 11.8 Å². The highest BCUT2D eigenvalue weighted by molar-refractivity contribution is 6.35. The van der Waals surface area contributed by atoms with Gasteiger partial charge in [-0.3, -0.25) is 0 Å². The lowest BCUT2D eigenvalue weighted by molar-refractivity contribution is 0.461. The van der Waals surface area contributed by atoms with E-state index in [1.807, 2.05) is 12.1 Å². The maximum atomic E-state index is 6.18. The van der Waals surface area contributed by atoms with E-state index in [9.17, 15) is 0 Å². The summed E-state index contributed by atoms with van der Waals surface area (Å²) in [5.41, 5.74) is 1.04. The summed E-state index contributed by atoms with van der Waals surface area (Å²) in [5.74, 6) is 1.31. The summed E-state index contributed by atoms with van der Waals surface area (Å²) in [6.45, 7) is 0.677. The fraction of sp³-hybridized carbons (Fsp3) is 0.471. The van der Waals surface area contributed by atoms with Crippen molar-refractivity contribution >= 4 is 35.0 Å². The van der Waals surface area contributed by atoms with E-state index in [0.29, 0.717) is 28.6 Å². The fourth-order valence-corrected chi connectivity index (χ4v) is 3.44. The molecule has 24 heavy (non-hydrogen) atoms. The summed E-state index contributed by atoms with van der Waals surface area (Å²) in [5, 5.41) is 16.0. The highest BCUT2D eigenvalue weighted by Crippen LogP contribution is 2.22. The number of rotatable bonds is 6. The molecule has 1 aliphatic carbocycles. The standard InChI is InChI=1S/C17H21Cl2N5/c18-13-7-6-12(15(19)10-13)8-9-20-17-23-16(11-21-24-17)22-14-4-2-1-3-5-14/h6-7,10-11,14H,1-5,8-9H2,(H2,20,22,23,24). The normalized spacial score (nSPS) is 15.2. The molecule has 0 spiro atoms. The van der Waals surface area contributed by atoms with Crippen molar-refractivity contribution in [1.82, 2.24) is 15.2 Å². The molecule has 128 valence electrons. The monoisotopic (exact) mass is 365 g/mol. The van der Waals surface area contributed by atoms with Gasteiger partial charge in [0, 0.05) is 22.6 Å². The molecule has 0 aliphatic heterocycles. The van der Waals surface area contributed by atoms with E-state index in [1.165, 1.54) is 32.1 Å². The Kier molecular flexibility index (Phi) is 6.10. The molecular formula is C17H21Cl2N5. The Hall–Kier alpha value is -1.59. The third-order valence-corrected chi connectivity index (χ3v) is 4.80. The van der Waals surface area contributed by atoms with Gasteiger partial charge in [0.05, 0.1) is 6.20 Å². The zero-order valence-corrected chi connectivity index (χ0v) is 14.9. The number of aromatic nitrogens is 3. The third-order valence-electron chi connectivity index (χ3n) is 4.21. The molecule has 3 rings (SSSR count). The topological polar surface area (TPSA) is 62.7 Å². The van der Waals surface area contributed by atoms with Gasteiger partial charge < -0.3 is 10.6 Å². The number of nitrogens with zero attached hydrogens (tertiary/aromatic N) is 3. The molecule has 0 atom stereocenters. The number of benzene rings is 1. The molecule has 1 aliphatic rings. The van der Waals surface area contributed by atoms with Crippen molar-refractivity contribution < 1.29 is 0 Å². The van der Waals surface area contributed by atoms with E-state index < -0.39 is 0 Å². The summed E-state index contributed by atoms with van der Waals surface area (Å²) in [6, 6.07) is 6.03. The summed E-state index contributed by atoms with van der Waals surface area (Å²) in [4.78, 5) is 4.48. The van der Waals surface area contributed by atoms with Crippen molar-refractivity contribution in [3.05, 3.63) is 40.0 Å². The first kappa shape index (κ1) is 17.2. The quantitative estimate of drug-likeness (QED) is 0.784. The zero-order valence-electron chi connectivity index (χ0n) is 13.4. The largest absolute Gasteiger partial charge is 0.366 e. The van der Waals surface area contributed by atoms with Gasteiger partial charge in [-0.05, 0) is 37.0 Å². The SMILES string of the molecule is Clc1ccc(CCNc2nncc(NC3CCCCC3)n2)c(Cl)c1. The van der Waals surface area contributed by atoms with Crippen LogP contribution in [0.3, 0.4) is 0 Å². The van der Waals surface area contributed by atoms with Gasteiger partial charge in [0.2, 0.25) is 5.95 Å². The minimum atomic E-state index is 0.496. The first-order valence-corrected chi connectivity index (χ1v) is 9.10. The average molecular weight is 366 g/mol. The van der Waals surface area contributed by atoms with Crippen LogP contribution in [0.2, 0.25) is 10.0 Å². The van der Waals surface area contributed by atoms with Crippen molar-refractivity contribution in [2.24, 2.45) is 0 Å². The number of hydrogen-bond acceptors (Lipinski definition) is 5. The first-order valence-electron chi connectivity index (χ1n) is 8.35. The molecule has 1 fully saturated rings. The Morgan fingerprint density at radius 3 is 2.75 bits per heavy atom. The van der Waals surface area contributed by atoms with Crippen LogP contribution in [-0.4, -0.2) is 27.8 Å². The predicted octanol–water partition coefficient (Wildman–Crippen LogP) is 4.58. The smallest absolute Gasteiger partial charge is 0.244 e. The lowest BCUT2D eigenvalue weighted by Gasteiger charge is -2.23. The van der Waals surface area contributed by atoms with Gasteiger partial charge >= 0.3 is 0 Å².